The van der Waals surface area contributed by atoms with Gasteiger partial charge in [-0.15, -0.1) is 0 Å². The highest BCUT2D eigenvalue weighted by Crippen LogP contribution is 2.19. The molecule has 0 fully saturated rings. The number of carbonyl (C=O) groups excluding carboxylic acids is 1. The van der Waals surface area contributed by atoms with Crippen LogP contribution in [0.25, 0.3) is 0 Å². The number of aryl methyl sites for hydroxylation is 1. The summed E-state index contributed by atoms with van der Waals surface area (Å²) in [7, 11) is 0. The molecule has 0 atom stereocenters. The minimum absolute atomic E-state index is 0.266. The molecule has 1 N–H and O–H groups in total. The molecule has 72 valence electrons. The summed E-state index contributed by atoms with van der Waals surface area (Å²) in [5, 5.41) is 2.81. The molecular weight excluding hydrogens is 200 g/mol. The number of anilines is 1. The number of halogens is 1. The van der Waals surface area contributed by atoms with E-state index in [1.54, 1.807) is 19.2 Å². The van der Waals surface area contributed by atoms with Gasteiger partial charge in [-0.3, -0.25) is 4.79 Å². The van der Waals surface area contributed by atoms with E-state index in [0.717, 1.165) is 5.56 Å². The number of hydrogen-bond donors (Lipinski definition) is 1. The molecule has 1 aromatic rings. The van der Waals surface area contributed by atoms with E-state index in [-0.39, 0.29) is 11.1 Å². The highest BCUT2D eigenvalue weighted by molar-refractivity contribution is 6.32. The fraction of sp³-hybridized carbons (Fsp3) is 0.200. The van der Waals surface area contributed by atoms with Crippen LogP contribution in [0.2, 0.25) is 5.15 Å². The third-order valence-corrected chi connectivity index (χ3v) is 1.76. The van der Waals surface area contributed by atoms with Crippen LogP contribution in [0.1, 0.15) is 12.5 Å². The van der Waals surface area contributed by atoms with Gasteiger partial charge in [0.05, 0.1) is 5.69 Å². The zero-order chi connectivity index (χ0) is 10.6. The van der Waals surface area contributed by atoms with Gasteiger partial charge in [-0.2, -0.15) is 0 Å². The SMILES string of the molecule is CC#CC(=O)Nc1cc(C)cnc1Cl. The molecule has 0 aromatic carbocycles. The lowest BCUT2D eigenvalue weighted by Crippen LogP contribution is -2.09. The molecule has 1 rings (SSSR count). The van der Waals surface area contributed by atoms with Crippen LogP contribution in [0, 0.1) is 18.8 Å². The minimum atomic E-state index is -0.387. The lowest BCUT2D eigenvalue weighted by Gasteiger charge is -2.03. The Morgan fingerprint density at radius 2 is 2.36 bits per heavy atom. The summed E-state index contributed by atoms with van der Waals surface area (Å²) in [6, 6.07) is 1.74. The summed E-state index contributed by atoms with van der Waals surface area (Å²) in [4.78, 5) is 15.0. The number of pyridine rings is 1. The Labute approximate surface area is 87.5 Å². The van der Waals surface area contributed by atoms with Gasteiger partial charge in [0.1, 0.15) is 0 Å². The van der Waals surface area contributed by atoms with E-state index in [1.165, 1.54) is 0 Å². The van der Waals surface area contributed by atoms with Crippen LogP contribution in [0.15, 0.2) is 12.3 Å². The zero-order valence-corrected chi connectivity index (χ0v) is 8.64. The van der Waals surface area contributed by atoms with Gasteiger partial charge in [-0.1, -0.05) is 17.5 Å². The molecule has 0 aliphatic heterocycles. The van der Waals surface area contributed by atoms with Crippen LogP contribution < -0.4 is 5.32 Å². The van der Waals surface area contributed by atoms with E-state index >= 15 is 0 Å². The molecule has 0 saturated heterocycles. The molecule has 0 unspecified atom stereocenters. The third-order valence-electron chi connectivity index (χ3n) is 1.46. The van der Waals surface area contributed by atoms with Gasteiger partial charge in [0, 0.05) is 6.20 Å². The Bertz CT molecular complexity index is 418. The Morgan fingerprint density at radius 3 is 3.00 bits per heavy atom. The topological polar surface area (TPSA) is 42.0 Å². The van der Waals surface area contributed by atoms with Crippen LogP contribution >= 0.6 is 11.6 Å². The van der Waals surface area contributed by atoms with Crippen molar-refractivity contribution in [2.75, 3.05) is 5.32 Å². The number of carbonyl (C=O) groups is 1. The van der Waals surface area contributed by atoms with Crippen LogP contribution in [-0.4, -0.2) is 10.9 Å². The Kier molecular flexibility index (Phi) is 3.49. The predicted molar refractivity (Wildman–Crippen MR) is 56.1 cm³/mol. The van der Waals surface area contributed by atoms with Gasteiger partial charge in [-0.05, 0) is 31.4 Å². The van der Waals surface area contributed by atoms with Gasteiger partial charge in [0.2, 0.25) is 0 Å². The van der Waals surface area contributed by atoms with Crippen molar-refractivity contribution in [2.45, 2.75) is 13.8 Å². The molecule has 1 heterocycles. The monoisotopic (exact) mass is 208 g/mol. The summed E-state index contributed by atoms with van der Waals surface area (Å²) in [6.07, 6.45) is 1.63. The average molecular weight is 209 g/mol. The maximum absolute atomic E-state index is 11.1. The number of rotatable bonds is 1. The molecular formula is C10H9ClN2O. The lowest BCUT2D eigenvalue weighted by atomic mass is 10.3. The first-order valence-electron chi connectivity index (χ1n) is 3.99. The van der Waals surface area contributed by atoms with Crippen molar-refractivity contribution in [2.24, 2.45) is 0 Å². The number of nitrogens with zero attached hydrogens (tertiary/aromatic N) is 1. The second kappa shape index (κ2) is 4.64. The van der Waals surface area contributed by atoms with Crippen molar-refractivity contribution in [3.05, 3.63) is 23.0 Å². The summed E-state index contributed by atoms with van der Waals surface area (Å²) >= 11 is 5.77. The number of nitrogens with one attached hydrogen (secondary N) is 1. The van der Waals surface area contributed by atoms with E-state index in [1.807, 2.05) is 6.92 Å². The first-order valence-corrected chi connectivity index (χ1v) is 4.37. The summed E-state index contributed by atoms with van der Waals surface area (Å²) in [6.45, 7) is 3.46. The fourth-order valence-corrected chi connectivity index (χ4v) is 1.06. The lowest BCUT2D eigenvalue weighted by molar-refractivity contribution is -0.111. The first kappa shape index (κ1) is 10.6. The van der Waals surface area contributed by atoms with Crippen molar-refractivity contribution >= 4 is 23.2 Å². The van der Waals surface area contributed by atoms with Crippen molar-refractivity contribution in [3.8, 4) is 11.8 Å². The number of hydrogen-bond acceptors (Lipinski definition) is 2. The van der Waals surface area contributed by atoms with E-state index in [0.29, 0.717) is 5.69 Å². The highest BCUT2D eigenvalue weighted by atomic mass is 35.5. The fourth-order valence-electron chi connectivity index (χ4n) is 0.907. The molecule has 4 heteroatoms. The molecule has 0 saturated carbocycles. The first-order chi connectivity index (χ1) is 6.63. The van der Waals surface area contributed by atoms with Gasteiger partial charge in [-0.25, -0.2) is 4.98 Å². The van der Waals surface area contributed by atoms with E-state index in [4.69, 9.17) is 11.6 Å². The van der Waals surface area contributed by atoms with Gasteiger partial charge < -0.3 is 5.32 Å². The standard InChI is InChI=1S/C10H9ClN2O/c1-3-4-9(14)13-8-5-7(2)6-12-10(8)11/h5-6H,1-2H3,(H,13,14). The van der Waals surface area contributed by atoms with Crippen molar-refractivity contribution < 1.29 is 4.79 Å². The molecule has 14 heavy (non-hydrogen) atoms. The molecule has 0 bridgehead atoms. The molecule has 0 aliphatic rings. The summed E-state index contributed by atoms with van der Waals surface area (Å²) < 4.78 is 0. The van der Waals surface area contributed by atoms with Crippen LogP contribution in [0.5, 0.6) is 0 Å². The second-order valence-electron chi connectivity index (χ2n) is 2.68. The molecule has 0 aliphatic carbocycles. The van der Waals surface area contributed by atoms with Gasteiger partial charge >= 0.3 is 0 Å². The van der Waals surface area contributed by atoms with Crippen LogP contribution in [0.3, 0.4) is 0 Å². The average Bonchev–Trinajstić information content (AvgIpc) is 2.12. The Morgan fingerprint density at radius 1 is 1.64 bits per heavy atom. The van der Waals surface area contributed by atoms with Gasteiger partial charge in [0.15, 0.2) is 5.15 Å². The zero-order valence-electron chi connectivity index (χ0n) is 7.89. The highest BCUT2D eigenvalue weighted by Gasteiger charge is 2.04. The number of aromatic nitrogens is 1. The minimum Gasteiger partial charge on any atom is -0.312 e. The van der Waals surface area contributed by atoms with Gasteiger partial charge in [0.25, 0.3) is 5.91 Å². The van der Waals surface area contributed by atoms with E-state index in [2.05, 4.69) is 22.1 Å². The molecule has 0 radical (unpaired) electrons. The van der Waals surface area contributed by atoms with Crippen molar-refractivity contribution in [1.82, 2.24) is 4.98 Å². The smallest absolute Gasteiger partial charge is 0.300 e. The maximum atomic E-state index is 11.1. The Hall–Kier alpha value is -1.53. The van der Waals surface area contributed by atoms with Crippen molar-refractivity contribution in [1.29, 1.82) is 0 Å². The summed E-state index contributed by atoms with van der Waals surface area (Å²) in [5.41, 5.74) is 1.41. The maximum Gasteiger partial charge on any atom is 0.300 e. The molecule has 0 spiro atoms. The largest absolute Gasteiger partial charge is 0.312 e. The quantitative estimate of drug-likeness (QED) is 0.567. The van der Waals surface area contributed by atoms with Crippen LogP contribution in [0.4, 0.5) is 5.69 Å². The Balaban J connectivity index is 2.89. The van der Waals surface area contributed by atoms with Crippen molar-refractivity contribution in [3.63, 3.8) is 0 Å². The molecule has 1 aromatic heterocycles. The summed E-state index contributed by atoms with van der Waals surface area (Å²) in [5.74, 6) is 4.46. The molecule has 1 amide bonds. The van der Waals surface area contributed by atoms with E-state index in [9.17, 15) is 4.79 Å². The van der Waals surface area contributed by atoms with E-state index < -0.39 is 0 Å². The third kappa shape index (κ3) is 2.75. The molecule has 3 nitrogen and oxygen atoms in total. The van der Waals surface area contributed by atoms with Crippen LogP contribution in [-0.2, 0) is 4.79 Å². The predicted octanol–water partition coefficient (Wildman–Crippen LogP) is 2.01. The number of amides is 1. The normalized spacial score (nSPS) is 8.79. The second-order valence-corrected chi connectivity index (χ2v) is 3.04.